The molecule has 0 unspecified atom stereocenters. The number of rotatable bonds is 7. The van der Waals surface area contributed by atoms with Gasteiger partial charge in [0.05, 0.1) is 7.11 Å². The molecule has 1 rings (SSSR count). The standard InChI is InChI=1S/C15H22N2O3S/c1-3-4-5-6-10-16-14(18)20-13-9-7-8-12(11-13)17-15(21)19-2/h7-9,11H,3-6,10H2,1-2H3,(H,16,18)(H,17,21). The highest BCUT2D eigenvalue weighted by Crippen LogP contribution is 2.17. The van der Waals surface area contributed by atoms with Crippen molar-refractivity contribution in [3.63, 3.8) is 0 Å². The van der Waals surface area contributed by atoms with E-state index in [1.165, 1.54) is 20.0 Å². The molecule has 1 aromatic carbocycles. The molecule has 0 bridgehead atoms. The molecule has 0 heterocycles. The molecule has 21 heavy (non-hydrogen) atoms. The maximum atomic E-state index is 11.6. The second-order valence-electron chi connectivity index (χ2n) is 4.52. The van der Waals surface area contributed by atoms with Crippen LogP contribution in [0, 0.1) is 0 Å². The molecule has 0 aromatic heterocycles. The molecule has 0 fully saturated rings. The largest absolute Gasteiger partial charge is 0.474 e. The van der Waals surface area contributed by atoms with Gasteiger partial charge in [-0.3, -0.25) is 0 Å². The minimum Gasteiger partial charge on any atom is -0.474 e. The van der Waals surface area contributed by atoms with Gasteiger partial charge >= 0.3 is 6.09 Å². The van der Waals surface area contributed by atoms with E-state index < -0.39 is 6.09 Å². The lowest BCUT2D eigenvalue weighted by atomic mass is 10.2. The molecule has 0 aliphatic heterocycles. The Balaban J connectivity index is 2.38. The van der Waals surface area contributed by atoms with Crippen molar-refractivity contribution in [1.29, 1.82) is 0 Å². The number of carbonyl (C=O) groups excluding carboxylic acids is 1. The van der Waals surface area contributed by atoms with E-state index in [9.17, 15) is 4.79 Å². The molecule has 2 N–H and O–H groups in total. The van der Waals surface area contributed by atoms with Gasteiger partial charge in [0.25, 0.3) is 5.17 Å². The maximum absolute atomic E-state index is 11.6. The Hall–Kier alpha value is -1.82. The number of carbonyl (C=O) groups is 1. The van der Waals surface area contributed by atoms with Crippen molar-refractivity contribution in [3.8, 4) is 5.75 Å². The third-order valence-corrected chi connectivity index (χ3v) is 3.04. The molecule has 0 spiro atoms. The highest BCUT2D eigenvalue weighted by Gasteiger charge is 2.05. The Morgan fingerprint density at radius 3 is 2.81 bits per heavy atom. The van der Waals surface area contributed by atoms with Crippen molar-refractivity contribution >= 4 is 29.2 Å². The third-order valence-electron chi connectivity index (χ3n) is 2.78. The maximum Gasteiger partial charge on any atom is 0.412 e. The summed E-state index contributed by atoms with van der Waals surface area (Å²) in [6.45, 7) is 2.78. The van der Waals surface area contributed by atoms with E-state index in [1.807, 2.05) is 0 Å². The fourth-order valence-corrected chi connectivity index (χ4v) is 1.81. The van der Waals surface area contributed by atoms with E-state index in [-0.39, 0.29) is 5.17 Å². The molecule has 1 aromatic rings. The Kier molecular flexibility index (Phi) is 8.19. The number of benzene rings is 1. The minimum atomic E-state index is -0.446. The predicted molar refractivity (Wildman–Crippen MR) is 87.8 cm³/mol. The van der Waals surface area contributed by atoms with Crippen molar-refractivity contribution in [2.45, 2.75) is 32.6 Å². The van der Waals surface area contributed by atoms with Gasteiger partial charge in [-0.05, 0) is 30.8 Å². The zero-order valence-electron chi connectivity index (χ0n) is 12.5. The Morgan fingerprint density at radius 1 is 1.29 bits per heavy atom. The van der Waals surface area contributed by atoms with E-state index in [1.54, 1.807) is 24.3 Å². The first kappa shape index (κ1) is 17.2. The van der Waals surface area contributed by atoms with Gasteiger partial charge in [-0.2, -0.15) is 0 Å². The van der Waals surface area contributed by atoms with Gasteiger partial charge in [-0.1, -0.05) is 32.3 Å². The van der Waals surface area contributed by atoms with Crippen molar-refractivity contribution in [2.24, 2.45) is 0 Å². The van der Waals surface area contributed by atoms with Crippen LogP contribution in [0.3, 0.4) is 0 Å². The van der Waals surface area contributed by atoms with Crippen molar-refractivity contribution in [2.75, 3.05) is 19.0 Å². The number of methoxy groups -OCH3 is 1. The first-order valence-corrected chi connectivity index (χ1v) is 7.47. The van der Waals surface area contributed by atoms with Crippen molar-refractivity contribution in [1.82, 2.24) is 5.32 Å². The van der Waals surface area contributed by atoms with Gasteiger partial charge in [0, 0.05) is 18.3 Å². The number of ether oxygens (including phenoxy) is 2. The predicted octanol–water partition coefficient (Wildman–Crippen LogP) is 3.70. The van der Waals surface area contributed by atoms with Crippen LogP contribution in [0.4, 0.5) is 10.5 Å². The molecule has 0 saturated heterocycles. The number of anilines is 1. The molecule has 6 heteroatoms. The van der Waals surface area contributed by atoms with E-state index >= 15 is 0 Å². The number of unbranched alkanes of at least 4 members (excludes halogenated alkanes) is 3. The molecule has 5 nitrogen and oxygen atoms in total. The second kappa shape index (κ2) is 9.99. The minimum absolute atomic E-state index is 0.257. The molecule has 116 valence electrons. The van der Waals surface area contributed by atoms with E-state index in [4.69, 9.17) is 21.7 Å². The summed E-state index contributed by atoms with van der Waals surface area (Å²) in [6.07, 6.45) is 3.99. The van der Waals surface area contributed by atoms with Crippen molar-refractivity contribution in [3.05, 3.63) is 24.3 Å². The highest BCUT2D eigenvalue weighted by molar-refractivity contribution is 7.80. The van der Waals surface area contributed by atoms with E-state index in [0.717, 1.165) is 12.8 Å². The molecule has 0 atom stereocenters. The lowest BCUT2D eigenvalue weighted by Crippen LogP contribution is -2.27. The zero-order chi connectivity index (χ0) is 15.5. The van der Waals surface area contributed by atoms with Gasteiger partial charge < -0.3 is 20.1 Å². The summed E-state index contributed by atoms with van der Waals surface area (Å²) < 4.78 is 10.1. The summed E-state index contributed by atoms with van der Waals surface area (Å²) >= 11 is 4.91. The molecular weight excluding hydrogens is 288 g/mol. The van der Waals surface area contributed by atoms with Crippen LogP contribution in [-0.2, 0) is 4.74 Å². The molecule has 1 amide bonds. The molecule has 0 aliphatic carbocycles. The summed E-state index contributed by atoms with van der Waals surface area (Å²) in [5.41, 5.74) is 0.704. The first-order valence-electron chi connectivity index (χ1n) is 7.06. The lowest BCUT2D eigenvalue weighted by Gasteiger charge is -2.09. The van der Waals surface area contributed by atoms with Gasteiger partial charge in [0.15, 0.2) is 0 Å². The van der Waals surface area contributed by atoms with Crippen molar-refractivity contribution < 1.29 is 14.3 Å². The lowest BCUT2D eigenvalue weighted by molar-refractivity contribution is 0.200. The smallest absolute Gasteiger partial charge is 0.412 e. The summed E-state index contributed by atoms with van der Waals surface area (Å²) in [4.78, 5) is 11.6. The Bertz CT molecular complexity index is 466. The Labute approximate surface area is 131 Å². The number of hydrogen-bond acceptors (Lipinski definition) is 4. The van der Waals surface area contributed by atoms with Crippen LogP contribution in [-0.4, -0.2) is 24.9 Å². The summed E-state index contributed by atoms with van der Waals surface area (Å²) in [6, 6.07) is 6.96. The van der Waals surface area contributed by atoms with Gasteiger partial charge in [-0.25, -0.2) is 4.79 Å². The average Bonchev–Trinajstić information content (AvgIpc) is 2.47. The normalized spacial score (nSPS) is 9.81. The zero-order valence-corrected chi connectivity index (χ0v) is 13.3. The quantitative estimate of drug-likeness (QED) is 0.594. The SMILES string of the molecule is CCCCCCNC(=O)Oc1cccc(NC(=S)OC)c1. The fraction of sp³-hybridized carbons (Fsp3) is 0.467. The number of thiocarbonyl (C=S) groups is 1. The topological polar surface area (TPSA) is 59.6 Å². The van der Waals surface area contributed by atoms with Gasteiger partial charge in [0.1, 0.15) is 5.75 Å². The fourth-order valence-electron chi connectivity index (χ4n) is 1.69. The second-order valence-corrected chi connectivity index (χ2v) is 4.89. The van der Waals surface area contributed by atoms with Crippen LogP contribution in [0.1, 0.15) is 32.6 Å². The number of hydrogen-bond donors (Lipinski definition) is 2. The van der Waals surface area contributed by atoms with Gasteiger partial charge in [-0.15, -0.1) is 0 Å². The first-order chi connectivity index (χ1) is 10.2. The summed E-state index contributed by atoms with van der Waals surface area (Å²) in [5, 5.41) is 5.86. The van der Waals surface area contributed by atoms with E-state index in [2.05, 4.69) is 17.6 Å². The monoisotopic (exact) mass is 310 g/mol. The van der Waals surface area contributed by atoms with Gasteiger partial charge in [0.2, 0.25) is 0 Å². The summed E-state index contributed by atoms with van der Waals surface area (Å²) in [5.74, 6) is 0.449. The average molecular weight is 310 g/mol. The highest BCUT2D eigenvalue weighted by atomic mass is 32.1. The third kappa shape index (κ3) is 7.51. The summed E-state index contributed by atoms with van der Waals surface area (Å²) in [7, 11) is 1.49. The number of amides is 1. The van der Waals surface area contributed by atoms with Crippen LogP contribution in [0.15, 0.2) is 24.3 Å². The Morgan fingerprint density at radius 2 is 2.10 bits per heavy atom. The van der Waals surface area contributed by atoms with Crippen LogP contribution >= 0.6 is 12.2 Å². The van der Waals surface area contributed by atoms with Crippen LogP contribution < -0.4 is 15.4 Å². The van der Waals surface area contributed by atoms with Crippen LogP contribution in [0.25, 0.3) is 0 Å². The molecule has 0 radical (unpaired) electrons. The van der Waals surface area contributed by atoms with E-state index in [0.29, 0.717) is 18.0 Å². The molecule has 0 aliphatic rings. The number of nitrogens with one attached hydrogen (secondary N) is 2. The molecular formula is C15H22N2O3S. The van der Waals surface area contributed by atoms with Crippen LogP contribution in [0.2, 0.25) is 0 Å². The van der Waals surface area contributed by atoms with Crippen LogP contribution in [0.5, 0.6) is 5.75 Å². The molecule has 0 saturated carbocycles.